The second-order valence-corrected chi connectivity index (χ2v) is 2.13. The fourth-order valence-electron chi connectivity index (χ4n) is 0.554. The first-order chi connectivity index (χ1) is 4.33. The summed E-state index contributed by atoms with van der Waals surface area (Å²) in [5.41, 5.74) is 1.11. The van der Waals surface area contributed by atoms with E-state index in [1.165, 1.54) is 0 Å². The molecule has 0 aromatic carbocycles. The minimum absolute atomic E-state index is 0.534. The van der Waals surface area contributed by atoms with Crippen LogP contribution in [0.3, 0.4) is 0 Å². The molecule has 9 heavy (non-hydrogen) atoms. The Balaban J connectivity index is 2.88. The summed E-state index contributed by atoms with van der Waals surface area (Å²) in [6.07, 6.45) is 2.50. The minimum atomic E-state index is 0.534. The van der Waals surface area contributed by atoms with Crippen LogP contribution in [0.2, 0.25) is 5.15 Å². The van der Waals surface area contributed by atoms with Crippen LogP contribution in [0.5, 0.6) is 0 Å². The van der Waals surface area contributed by atoms with Crippen molar-refractivity contribution in [1.82, 2.24) is 4.98 Å². The minimum Gasteiger partial charge on any atom is -0.244 e. The van der Waals surface area contributed by atoms with Gasteiger partial charge in [-0.2, -0.15) is 0 Å². The molecular formula is C7H7ClN. The van der Waals surface area contributed by atoms with Crippen molar-refractivity contribution >= 4 is 11.6 Å². The molecule has 0 unspecified atom stereocenters. The van der Waals surface area contributed by atoms with Crippen LogP contribution in [-0.2, 0) is 6.42 Å². The highest BCUT2D eigenvalue weighted by molar-refractivity contribution is 6.29. The molecule has 1 heterocycles. The van der Waals surface area contributed by atoms with E-state index in [4.69, 9.17) is 11.6 Å². The normalized spacial score (nSPS) is 9.56. The van der Waals surface area contributed by atoms with Gasteiger partial charge in [0.2, 0.25) is 0 Å². The highest BCUT2D eigenvalue weighted by Crippen LogP contribution is 2.04. The third-order valence-corrected chi connectivity index (χ3v) is 1.30. The first kappa shape index (κ1) is 6.56. The van der Waals surface area contributed by atoms with E-state index in [2.05, 4.69) is 11.9 Å². The predicted molar refractivity (Wildman–Crippen MR) is 38.3 cm³/mol. The molecule has 0 fully saturated rings. The van der Waals surface area contributed by atoms with Crippen molar-refractivity contribution in [1.29, 1.82) is 0 Å². The van der Waals surface area contributed by atoms with Gasteiger partial charge in [0.05, 0.1) is 0 Å². The Morgan fingerprint density at radius 1 is 1.56 bits per heavy atom. The van der Waals surface area contributed by atoms with Gasteiger partial charge in [-0.3, -0.25) is 0 Å². The van der Waals surface area contributed by atoms with Crippen molar-refractivity contribution < 1.29 is 0 Å². The van der Waals surface area contributed by atoms with Gasteiger partial charge in [-0.15, -0.1) is 0 Å². The van der Waals surface area contributed by atoms with Crippen molar-refractivity contribution in [2.24, 2.45) is 0 Å². The fraction of sp³-hybridized carbons (Fsp3) is 0.143. The standard InChI is InChI=1S/C7H7ClN/c1-2-6-3-4-7(8)9-5-6/h3-5H,1-2H2. The Hall–Kier alpha value is -0.560. The van der Waals surface area contributed by atoms with Crippen molar-refractivity contribution in [3.05, 3.63) is 36.0 Å². The van der Waals surface area contributed by atoms with Gasteiger partial charge in [-0.1, -0.05) is 17.7 Å². The maximum atomic E-state index is 5.54. The molecule has 0 bridgehead atoms. The van der Waals surface area contributed by atoms with Crippen LogP contribution < -0.4 is 0 Å². The van der Waals surface area contributed by atoms with E-state index < -0.39 is 0 Å². The first-order valence-electron chi connectivity index (χ1n) is 2.72. The summed E-state index contributed by atoms with van der Waals surface area (Å²) >= 11 is 5.54. The Kier molecular flexibility index (Phi) is 2.06. The van der Waals surface area contributed by atoms with Gasteiger partial charge in [-0.05, 0) is 25.0 Å². The van der Waals surface area contributed by atoms with Gasteiger partial charge in [0, 0.05) is 6.20 Å². The van der Waals surface area contributed by atoms with Gasteiger partial charge in [0.25, 0.3) is 0 Å². The van der Waals surface area contributed by atoms with Gasteiger partial charge >= 0.3 is 0 Å². The molecule has 2 heteroatoms. The predicted octanol–water partition coefficient (Wildman–Crippen LogP) is 2.11. The van der Waals surface area contributed by atoms with Crippen molar-refractivity contribution in [2.45, 2.75) is 6.42 Å². The second-order valence-electron chi connectivity index (χ2n) is 1.74. The van der Waals surface area contributed by atoms with Crippen LogP contribution in [0, 0.1) is 6.92 Å². The van der Waals surface area contributed by atoms with Gasteiger partial charge in [0.15, 0.2) is 0 Å². The van der Waals surface area contributed by atoms with E-state index in [-0.39, 0.29) is 0 Å². The zero-order valence-corrected chi connectivity index (χ0v) is 5.73. The summed E-state index contributed by atoms with van der Waals surface area (Å²) in [6, 6.07) is 3.68. The molecule has 1 radical (unpaired) electrons. The third kappa shape index (κ3) is 1.68. The zero-order chi connectivity index (χ0) is 6.69. The summed E-state index contributed by atoms with van der Waals surface area (Å²) in [4.78, 5) is 3.88. The van der Waals surface area contributed by atoms with Crippen LogP contribution >= 0.6 is 11.6 Å². The number of halogens is 1. The molecular weight excluding hydrogens is 134 g/mol. The van der Waals surface area contributed by atoms with Crippen LogP contribution in [0.15, 0.2) is 18.3 Å². The molecule has 1 rings (SSSR count). The summed E-state index contributed by atoms with van der Waals surface area (Å²) in [7, 11) is 0. The molecule has 0 aliphatic rings. The smallest absolute Gasteiger partial charge is 0.129 e. The molecule has 47 valence electrons. The lowest BCUT2D eigenvalue weighted by molar-refractivity contribution is 1.19. The largest absolute Gasteiger partial charge is 0.244 e. The molecule has 0 aliphatic heterocycles. The van der Waals surface area contributed by atoms with Crippen LogP contribution in [-0.4, -0.2) is 4.98 Å². The lowest BCUT2D eigenvalue weighted by Crippen LogP contribution is -1.80. The Morgan fingerprint density at radius 2 is 2.33 bits per heavy atom. The van der Waals surface area contributed by atoms with Crippen LogP contribution in [0.25, 0.3) is 0 Å². The SMILES string of the molecule is [CH2]Cc1ccc(Cl)nc1. The summed E-state index contributed by atoms with van der Waals surface area (Å²) in [6.45, 7) is 3.70. The van der Waals surface area contributed by atoms with Crippen molar-refractivity contribution in [3.63, 3.8) is 0 Å². The van der Waals surface area contributed by atoms with Gasteiger partial charge in [0.1, 0.15) is 5.15 Å². The number of hydrogen-bond donors (Lipinski definition) is 0. The average Bonchev–Trinajstić information content (AvgIpc) is 1.90. The van der Waals surface area contributed by atoms with Crippen molar-refractivity contribution in [3.8, 4) is 0 Å². The zero-order valence-electron chi connectivity index (χ0n) is 4.97. The highest BCUT2D eigenvalue weighted by Gasteiger charge is 1.87. The van der Waals surface area contributed by atoms with E-state index >= 15 is 0 Å². The molecule has 0 amide bonds. The highest BCUT2D eigenvalue weighted by atomic mass is 35.5. The van der Waals surface area contributed by atoms with Crippen LogP contribution in [0.1, 0.15) is 5.56 Å². The molecule has 0 spiro atoms. The number of nitrogens with zero attached hydrogens (tertiary/aromatic N) is 1. The average molecular weight is 141 g/mol. The lowest BCUT2D eigenvalue weighted by Gasteiger charge is -1.92. The maximum Gasteiger partial charge on any atom is 0.129 e. The van der Waals surface area contributed by atoms with E-state index in [0.29, 0.717) is 5.15 Å². The first-order valence-corrected chi connectivity index (χ1v) is 3.10. The van der Waals surface area contributed by atoms with E-state index in [0.717, 1.165) is 12.0 Å². The number of aromatic nitrogens is 1. The van der Waals surface area contributed by atoms with E-state index in [1.54, 1.807) is 12.3 Å². The molecule has 0 atom stereocenters. The third-order valence-electron chi connectivity index (χ3n) is 1.08. The molecule has 0 saturated heterocycles. The summed E-state index contributed by atoms with van der Waals surface area (Å²) in [5.74, 6) is 0. The lowest BCUT2D eigenvalue weighted by atomic mass is 10.2. The number of hydrogen-bond acceptors (Lipinski definition) is 1. The molecule has 1 nitrogen and oxygen atoms in total. The Morgan fingerprint density at radius 3 is 2.78 bits per heavy atom. The van der Waals surface area contributed by atoms with Gasteiger partial charge < -0.3 is 0 Å². The van der Waals surface area contributed by atoms with E-state index in [9.17, 15) is 0 Å². The topological polar surface area (TPSA) is 12.9 Å². The molecule has 0 saturated carbocycles. The summed E-state index contributed by atoms with van der Waals surface area (Å²) in [5, 5.41) is 0.534. The monoisotopic (exact) mass is 140 g/mol. The van der Waals surface area contributed by atoms with Crippen LogP contribution in [0.4, 0.5) is 0 Å². The maximum absolute atomic E-state index is 5.54. The Labute approximate surface area is 59.7 Å². The molecule has 1 aromatic rings. The molecule has 0 aliphatic carbocycles. The molecule has 0 N–H and O–H groups in total. The number of rotatable bonds is 1. The quantitative estimate of drug-likeness (QED) is 0.545. The van der Waals surface area contributed by atoms with Crippen molar-refractivity contribution in [2.75, 3.05) is 0 Å². The van der Waals surface area contributed by atoms with E-state index in [1.807, 2.05) is 6.07 Å². The summed E-state index contributed by atoms with van der Waals surface area (Å²) < 4.78 is 0. The number of pyridine rings is 1. The molecule has 1 aromatic heterocycles. The Bertz CT molecular complexity index is 181. The van der Waals surface area contributed by atoms with Gasteiger partial charge in [-0.25, -0.2) is 4.98 Å². The second kappa shape index (κ2) is 2.83. The fourth-order valence-corrected chi connectivity index (χ4v) is 0.666.